The second-order valence-electron chi connectivity index (χ2n) is 5.52. The summed E-state index contributed by atoms with van der Waals surface area (Å²) in [5.74, 6) is -0.334. The molecule has 148 valence electrons. The Morgan fingerprint density at radius 2 is 2.07 bits per heavy atom. The van der Waals surface area contributed by atoms with E-state index >= 15 is 0 Å². The van der Waals surface area contributed by atoms with Crippen molar-refractivity contribution in [1.82, 2.24) is 14.9 Å². The predicted molar refractivity (Wildman–Crippen MR) is 94.1 cm³/mol. The average molecular weight is 435 g/mol. The summed E-state index contributed by atoms with van der Waals surface area (Å²) in [7, 11) is 0. The highest BCUT2D eigenvalue weighted by Crippen LogP contribution is 2.30. The van der Waals surface area contributed by atoms with Gasteiger partial charge >= 0.3 is 6.18 Å². The molecule has 1 amide bonds. The van der Waals surface area contributed by atoms with Crippen molar-refractivity contribution in [2.75, 3.05) is 11.9 Å². The van der Waals surface area contributed by atoms with E-state index in [-0.39, 0.29) is 17.1 Å². The van der Waals surface area contributed by atoms with Gasteiger partial charge in [0, 0.05) is 16.7 Å². The van der Waals surface area contributed by atoms with Gasteiger partial charge in [0.15, 0.2) is 11.5 Å². The highest BCUT2D eigenvalue weighted by Gasteiger charge is 2.27. The fraction of sp³-hybridized carbons (Fsp3) is 0.188. The van der Waals surface area contributed by atoms with Crippen LogP contribution >= 0.6 is 23.2 Å². The van der Waals surface area contributed by atoms with Crippen LogP contribution in [0, 0.1) is 0 Å². The fourth-order valence-electron chi connectivity index (χ4n) is 2.15. The lowest BCUT2D eigenvalue weighted by molar-refractivity contribution is -0.182. The molecule has 2 aromatic heterocycles. The molecule has 1 aromatic carbocycles. The standard InChI is InChI=1S/C16H11Cl2F3N4O3/c17-9-1-2-11(12(18)3-9)14-4-13(24-28-14)15(26)23-10-5-22-25(6-10)8-27-7-16(19,20)21/h1-6H,7-8H2,(H,23,26). The highest BCUT2D eigenvalue weighted by atomic mass is 35.5. The van der Waals surface area contributed by atoms with Crippen LogP contribution in [0.15, 0.2) is 41.2 Å². The molecule has 0 radical (unpaired) electrons. The molecular formula is C16H11Cl2F3N4O3. The minimum absolute atomic E-state index is 0.0258. The van der Waals surface area contributed by atoms with Crippen LogP contribution in [0.3, 0.4) is 0 Å². The van der Waals surface area contributed by atoms with Crippen LogP contribution in [0.1, 0.15) is 10.5 Å². The third kappa shape index (κ3) is 5.24. The van der Waals surface area contributed by atoms with Crippen molar-refractivity contribution in [3.05, 3.63) is 52.4 Å². The molecule has 3 aromatic rings. The number of halogens is 5. The number of nitrogens with one attached hydrogen (secondary N) is 1. The lowest BCUT2D eigenvalue weighted by Gasteiger charge is -2.07. The molecule has 28 heavy (non-hydrogen) atoms. The maximum absolute atomic E-state index is 12.2. The SMILES string of the molecule is O=C(Nc1cnn(COCC(F)(F)F)c1)c1cc(-c2ccc(Cl)cc2Cl)on1. The third-order valence-electron chi connectivity index (χ3n) is 3.32. The number of ether oxygens (including phenoxy) is 1. The van der Waals surface area contributed by atoms with Crippen molar-refractivity contribution in [2.45, 2.75) is 12.9 Å². The van der Waals surface area contributed by atoms with E-state index in [1.54, 1.807) is 12.1 Å². The van der Waals surface area contributed by atoms with Gasteiger partial charge in [-0.2, -0.15) is 18.3 Å². The Kier molecular flexibility index (Phi) is 5.92. The monoisotopic (exact) mass is 434 g/mol. The summed E-state index contributed by atoms with van der Waals surface area (Å²) < 4.78 is 46.9. The number of hydrogen-bond donors (Lipinski definition) is 1. The zero-order chi connectivity index (χ0) is 20.3. The first-order valence-corrected chi connectivity index (χ1v) is 8.37. The van der Waals surface area contributed by atoms with Gasteiger partial charge in [0.1, 0.15) is 13.3 Å². The smallest absolute Gasteiger partial charge is 0.355 e. The number of alkyl halides is 3. The molecular weight excluding hydrogens is 424 g/mol. The van der Waals surface area contributed by atoms with Gasteiger partial charge in [0.25, 0.3) is 5.91 Å². The van der Waals surface area contributed by atoms with Crippen LogP contribution in [0.4, 0.5) is 18.9 Å². The van der Waals surface area contributed by atoms with E-state index in [1.165, 1.54) is 24.5 Å². The Balaban J connectivity index is 1.62. The molecule has 2 heterocycles. The van der Waals surface area contributed by atoms with Crippen LogP contribution in [0.5, 0.6) is 0 Å². The van der Waals surface area contributed by atoms with Crippen LogP contribution in [-0.2, 0) is 11.5 Å². The lowest BCUT2D eigenvalue weighted by atomic mass is 10.1. The van der Waals surface area contributed by atoms with E-state index in [2.05, 4.69) is 20.3 Å². The van der Waals surface area contributed by atoms with Gasteiger partial charge in [-0.1, -0.05) is 28.4 Å². The summed E-state index contributed by atoms with van der Waals surface area (Å²) in [6, 6.07) is 6.15. The molecule has 0 aliphatic carbocycles. The first kappa shape index (κ1) is 20.2. The Morgan fingerprint density at radius 3 is 2.79 bits per heavy atom. The molecule has 0 unspecified atom stereocenters. The second kappa shape index (κ2) is 8.21. The summed E-state index contributed by atoms with van der Waals surface area (Å²) in [4.78, 5) is 12.2. The molecule has 1 N–H and O–H groups in total. The Hall–Kier alpha value is -2.56. The van der Waals surface area contributed by atoms with Crippen LogP contribution in [0.2, 0.25) is 10.0 Å². The first-order chi connectivity index (χ1) is 13.2. The van der Waals surface area contributed by atoms with E-state index in [9.17, 15) is 18.0 Å². The van der Waals surface area contributed by atoms with Crippen molar-refractivity contribution < 1.29 is 27.2 Å². The molecule has 0 saturated carbocycles. The molecule has 0 aliphatic rings. The molecule has 0 bridgehead atoms. The summed E-state index contributed by atoms with van der Waals surface area (Å²) in [6.45, 7) is -1.82. The van der Waals surface area contributed by atoms with E-state index in [1.807, 2.05) is 0 Å². The van der Waals surface area contributed by atoms with Gasteiger partial charge < -0.3 is 14.6 Å². The van der Waals surface area contributed by atoms with E-state index in [0.29, 0.717) is 15.6 Å². The van der Waals surface area contributed by atoms with Crippen LogP contribution in [-0.4, -0.2) is 33.6 Å². The van der Waals surface area contributed by atoms with Gasteiger partial charge in [0.05, 0.1) is 23.1 Å². The van der Waals surface area contributed by atoms with Crippen LogP contribution < -0.4 is 5.32 Å². The Bertz CT molecular complexity index is 988. The number of carbonyl (C=O) groups excluding carboxylic acids is 1. The largest absolute Gasteiger partial charge is 0.411 e. The minimum Gasteiger partial charge on any atom is -0.355 e. The van der Waals surface area contributed by atoms with Gasteiger partial charge in [-0.05, 0) is 18.2 Å². The molecule has 3 rings (SSSR count). The normalized spacial score (nSPS) is 11.6. The van der Waals surface area contributed by atoms with Crippen molar-refractivity contribution in [2.24, 2.45) is 0 Å². The number of carbonyl (C=O) groups is 1. The quantitative estimate of drug-likeness (QED) is 0.611. The van der Waals surface area contributed by atoms with E-state index in [0.717, 1.165) is 4.68 Å². The number of anilines is 1. The molecule has 0 spiro atoms. The third-order valence-corrected chi connectivity index (χ3v) is 3.87. The van der Waals surface area contributed by atoms with Gasteiger partial charge in [-0.25, -0.2) is 4.68 Å². The zero-order valence-corrected chi connectivity index (χ0v) is 15.3. The second-order valence-corrected chi connectivity index (χ2v) is 6.36. The maximum atomic E-state index is 12.2. The molecule has 12 heteroatoms. The number of benzene rings is 1. The zero-order valence-electron chi connectivity index (χ0n) is 13.8. The summed E-state index contributed by atoms with van der Waals surface area (Å²) in [5, 5.41) is 10.7. The summed E-state index contributed by atoms with van der Waals surface area (Å²) in [6.07, 6.45) is -1.86. The minimum atomic E-state index is -4.43. The average Bonchev–Trinajstić information content (AvgIpc) is 3.23. The molecule has 0 atom stereocenters. The number of hydrogen-bond acceptors (Lipinski definition) is 5. The number of aromatic nitrogens is 3. The number of rotatable bonds is 6. The summed E-state index contributed by atoms with van der Waals surface area (Å²) in [5.41, 5.74) is 0.726. The predicted octanol–water partition coefficient (Wildman–Crippen LogP) is 4.63. The summed E-state index contributed by atoms with van der Waals surface area (Å²) >= 11 is 11.9. The Labute approximate surface area is 166 Å². The molecule has 0 aliphatic heterocycles. The topological polar surface area (TPSA) is 82.2 Å². The van der Waals surface area contributed by atoms with E-state index in [4.69, 9.17) is 27.7 Å². The first-order valence-electron chi connectivity index (χ1n) is 7.62. The fourth-order valence-corrected chi connectivity index (χ4v) is 2.65. The van der Waals surface area contributed by atoms with Gasteiger partial charge in [-0.3, -0.25) is 4.79 Å². The van der Waals surface area contributed by atoms with Crippen molar-refractivity contribution in [3.8, 4) is 11.3 Å². The number of nitrogens with zero attached hydrogens (tertiary/aromatic N) is 3. The Morgan fingerprint density at radius 1 is 1.29 bits per heavy atom. The van der Waals surface area contributed by atoms with Crippen LogP contribution in [0.25, 0.3) is 11.3 Å². The van der Waals surface area contributed by atoms with Gasteiger partial charge in [0.2, 0.25) is 0 Å². The lowest BCUT2D eigenvalue weighted by Crippen LogP contribution is -2.18. The molecule has 0 fully saturated rings. The van der Waals surface area contributed by atoms with Gasteiger partial charge in [-0.15, -0.1) is 0 Å². The van der Waals surface area contributed by atoms with Crippen molar-refractivity contribution >= 4 is 34.8 Å². The van der Waals surface area contributed by atoms with Crippen molar-refractivity contribution in [1.29, 1.82) is 0 Å². The molecule has 7 nitrogen and oxygen atoms in total. The van der Waals surface area contributed by atoms with Crippen molar-refractivity contribution in [3.63, 3.8) is 0 Å². The van der Waals surface area contributed by atoms with E-state index < -0.39 is 25.4 Å². The number of amides is 1. The molecule has 0 saturated heterocycles. The maximum Gasteiger partial charge on any atom is 0.411 e. The highest BCUT2D eigenvalue weighted by molar-refractivity contribution is 6.36.